The number of ether oxygens (including phenoxy) is 1. The summed E-state index contributed by atoms with van der Waals surface area (Å²) >= 11 is 0. The summed E-state index contributed by atoms with van der Waals surface area (Å²) in [5.41, 5.74) is 4.21. The van der Waals surface area contributed by atoms with Crippen molar-refractivity contribution in [2.75, 3.05) is 24.7 Å². The molecule has 2 aromatic rings. The van der Waals surface area contributed by atoms with E-state index in [1.807, 2.05) is 48.5 Å². The summed E-state index contributed by atoms with van der Waals surface area (Å²) in [6, 6.07) is 14.4. The number of sulfone groups is 1. The van der Waals surface area contributed by atoms with E-state index in [1.54, 1.807) is 0 Å². The fourth-order valence-electron chi connectivity index (χ4n) is 4.57. The number of carboxylic acid groups (broad SMARTS) is 1. The van der Waals surface area contributed by atoms with Crippen LogP contribution in [0.4, 0.5) is 4.79 Å². The second kappa shape index (κ2) is 9.84. The lowest BCUT2D eigenvalue weighted by molar-refractivity contribution is -0.139. The summed E-state index contributed by atoms with van der Waals surface area (Å²) in [7, 11) is -3.09. The molecular formula is C24H26N2O7S. The number of hydrogen-bond acceptors (Lipinski definition) is 6. The highest BCUT2D eigenvalue weighted by Crippen LogP contribution is 2.44. The van der Waals surface area contributed by atoms with E-state index in [1.165, 1.54) is 0 Å². The highest BCUT2D eigenvalue weighted by molar-refractivity contribution is 7.91. The monoisotopic (exact) mass is 486 g/mol. The van der Waals surface area contributed by atoms with E-state index in [2.05, 4.69) is 10.6 Å². The SMILES string of the molecule is O=C(O)CC(NC(=O)OCC1c2ccccc2-c2ccccc21)C(=O)NCC1CCS(=O)(=O)C1. The maximum Gasteiger partial charge on any atom is 0.407 e. The first-order valence-corrected chi connectivity index (χ1v) is 12.9. The highest BCUT2D eigenvalue weighted by Gasteiger charge is 2.32. The average molecular weight is 487 g/mol. The van der Waals surface area contributed by atoms with Gasteiger partial charge in [-0.2, -0.15) is 0 Å². The van der Waals surface area contributed by atoms with Gasteiger partial charge in [-0.1, -0.05) is 48.5 Å². The third-order valence-electron chi connectivity index (χ3n) is 6.22. The van der Waals surface area contributed by atoms with Gasteiger partial charge in [0, 0.05) is 12.5 Å². The lowest BCUT2D eigenvalue weighted by Gasteiger charge is -2.19. The number of carboxylic acids is 1. The van der Waals surface area contributed by atoms with Crippen LogP contribution in [-0.2, 0) is 24.2 Å². The van der Waals surface area contributed by atoms with E-state index in [4.69, 9.17) is 9.84 Å². The largest absolute Gasteiger partial charge is 0.481 e. The van der Waals surface area contributed by atoms with Crippen LogP contribution < -0.4 is 10.6 Å². The van der Waals surface area contributed by atoms with Gasteiger partial charge < -0.3 is 20.5 Å². The fourth-order valence-corrected chi connectivity index (χ4v) is 6.43. The molecule has 2 amide bonds. The molecule has 2 aromatic carbocycles. The smallest absolute Gasteiger partial charge is 0.407 e. The maximum atomic E-state index is 12.5. The molecule has 1 aliphatic carbocycles. The van der Waals surface area contributed by atoms with E-state index in [0.29, 0.717) is 6.42 Å². The summed E-state index contributed by atoms with van der Waals surface area (Å²) in [6.07, 6.45) is -1.09. The number of hydrogen-bond donors (Lipinski definition) is 3. The van der Waals surface area contributed by atoms with Crippen LogP contribution in [0.3, 0.4) is 0 Å². The minimum atomic E-state index is -3.09. The molecule has 0 saturated carbocycles. The first-order valence-electron chi connectivity index (χ1n) is 11.0. The lowest BCUT2D eigenvalue weighted by atomic mass is 9.98. The van der Waals surface area contributed by atoms with Crippen molar-refractivity contribution in [1.82, 2.24) is 10.6 Å². The Hall–Kier alpha value is -3.40. The predicted octanol–water partition coefficient (Wildman–Crippen LogP) is 1.92. The van der Waals surface area contributed by atoms with E-state index in [9.17, 15) is 22.8 Å². The first kappa shape index (κ1) is 23.7. The number of carbonyl (C=O) groups is 3. The molecular weight excluding hydrogens is 460 g/mol. The molecule has 4 rings (SSSR count). The molecule has 1 aliphatic heterocycles. The number of carbonyl (C=O) groups excluding carboxylic acids is 2. The Bertz CT molecular complexity index is 1170. The van der Waals surface area contributed by atoms with Crippen LogP contribution >= 0.6 is 0 Å². The van der Waals surface area contributed by atoms with Gasteiger partial charge in [0.1, 0.15) is 12.6 Å². The number of amides is 2. The van der Waals surface area contributed by atoms with Crippen molar-refractivity contribution in [1.29, 1.82) is 0 Å². The van der Waals surface area contributed by atoms with Crippen LogP contribution in [0, 0.1) is 5.92 Å². The van der Waals surface area contributed by atoms with Crippen molar-refractivity contribution in [3.05, 3.63) is 59.7 Å². The van der Waals surface area contributed by atoms with E-state index in [-0.39, 0.29) is 36.5 Å². The van der Waals surface area contributed by atoms with Gasteiger partial charge in [-0.25, -0.2) is 13.2 Å². The quantitative estimate of drug-likeness (QED) is 0.518. The van der Waals surface area contributed by atoms with Crippen molar-refractivity contribution in [3.63, 3.8) is 0 Å². The molecule has 2 unspecified atom stereocenters. The van der Waals surface area contributed by atoms with Crippen molar-refractivity contribution in [2.24, 2.45) is 5.92 Å². The van der Waals surface area contributed by atoms with Crippen molar-refractivity contribution in [3.8, 4) is 11.1 Å². The fraction of sp³-hybridized carbons (Fsp3) is 0.375. The molecule has 10 heteroatoms. The normalized spacial score (nSPS) is 19.0. The average Bonchev–Trinajstić information content (AvgIpc) is 3.32. The molecule has 0 radical (unpaired) electrons. The van der Waals surface area contributed by atoms with Crippen LogP contribution in [-0.4, -0.2) is 62.2 Å². The van der Waals surface area contributed by atoms with Crippen molar-refractivity contribution >= 4 is 27.8 Å². The third kappa shape index (κ3) is 5.39. The number of rotatable bonds is 8. The van der Waals surface area contributed by atoms with Crippen molar-refractivity contribution in [2.45, 2.75) is 24.8 Å². The Morgan fingerprint density at radius 1 is 1.03 bits per heavy atom. The number of alkyl carbamates (subject to hydrolysis) is 1. The summed E-state index contributed by atoms with van der Waals surface area (Å²) in [5, 5.41) is 14.1. The molecule has 180 valence electrons. The number of aliphatic carboxylic acids is 1. The summed E-state index contributed by atoms with van der Waals surface area (Å²) in [5.74, 6) is -2.30. The number of fused-ring (bicyclic) bond motifs is 3. The molecule has 2 aliphatic rings. The minimum absolute atomic E-state index is 0.0172. The number of benzene rings is 2. The molecule has 1 fully saturated rings. The standard InChI is InChI=1S/C24H26N2O7S/c27-22(28)11-21(23(29)25-12-15-9-10-34(31,32)14-15)26-24(30)33-13-20-18-7-3-1-5-16(18)17-6-2-4-8-19(17)20/h1-8,15,20-21H,9-14H2,(H,25,29)(H,26,30)(H,27,28). The van der Waals surface area contributed by atoms with Gasteiger partial charge in [0.15, 0.2) is 9.84 Å². The first-order chi connectivity index (χ1) is 16.2. The van der Waals surface area contributed by atoms with E-state index < -0.39 is 40.3 Å². The lowest BCUT2D eigenvalue weighted by Crippen LogP contribution is -2.49. The molecule has 2 atom stereocenters. The minimum Gasteiger partial charge on any atom is -0.481 e. The summed E-state index contributed by atoms with van der Waals surface area (Å²) < 4.78 is 28.6. The molecule has 1 heterocycles. The second-order valence-electron chi connectivity index (χ2n) is 8.63. The van der Waals surface area contributed by atoms with Gasteiger partial charge in [0.25, 0.3) is 0 Å². The second-order valence-corrected chi connectivity index (χ2v) is 10.9. The van der Waals surface area contributed by atoms with Crippen molar-refractivity contribution < 1.29 is 32.6 Å². The zero-order valence-electron chi connectivity index (χ0n) is 18.4. The Morgan fingerprint density at radius 3 is 2.21 bits per heavy atom. The van der Waals surface area contributed by atoms with Gasteiger partial charge in [0.2, 0.25) is 5.91 Å². The van der Waals surface area contributed by atoms with Gasteiger partial charge in [0.05, 0.1) is 17.9 Å². The molecule has 0 bridgehead atoms. The summed E-state index contributed by atoms with van der Waals surface area (Å²) in [6.45, 7) is 0.127. The van der Waals surface area contributed by atoms with E-state index in [0.717, 1.165) is 22.3 Å². The topological polar surface area (TPSA) is 139 Å². The van der Waals surface area contributed by atoms with Gasteiger partial charge in [-0.15, -0.1) is 0 Å². The zero-order valence-corrected chi connectivity index (χ0v) is 19.2. The van der Waals surface area contributed by atoms with Crippen LogP contribution in [0.1, 0.15) is 29.9 Å². The maximum absolute atomic E-state index is 12.5. The van der Waals surface area contributed by atoms with Crippen LogP contribution in [0.15, 0.2) is 48.5 Å². The van der Waals surface area contributed by atoms with Gasteiger partial charge in [-0.3, -0.25) is 9.59 Å². The Morgan fingerprint density at radius 2 is 1.65 bits per heavy atom. The van der Waals surface area contributed by atoms with Gasteiger partial charge >= 0.3 is 12.1 Å². The predicted molar refractivity (Wildman–Crippen MR) is 124 cm³/mol. The van der Waals surface area contributed by atoms with Crippen LogP contribution in [0.25, 0.3) is 11.1 Å². The van der Waals surface area contributed by atoms with Crippen LogP contribution in [0.2, 0.25) is 0 Å². The van der Waals surface area contributed by atoms with Gasteiger partial charge in [-0.05, 0) is 34.6 Å². The Kier molecular flexibility index (Phi) is 6.87. The Labute approximate surface area is 197 Å². The molecule has 9 nitrogen and oxygen atoms in total. The molecule has 34 heavy (non-hydrogen) atoms. The zero-order chi connectivity index (χ0) is 24.3. The third-order valence-corrected chi connectivity index (χ3v) is 8.06. The molecule has 1 saturated heterocycles. The Balaban J connectivity index is 1.36. The molecule has 3 N–H and O–H groups in total. The highest BCUT2D eigenvalue weighted by atomic mass is 32.2. The molecule has 0 spiro atoms. The van der Waals surface area contributed by atoms with Crippen LogP contribution in [0.5, 0.6) is 0 Å². The van der Waals surface area contributed by atoms with E-state index >= 15 is 0 Å². The molecule has 0 aromatic heterocycles. The number of nitrogens with one attached hydrogen (secondary N) is 2. The summed E-state index contributed by atoms with van der Waals surface area (Å²) in [4.78, 5) is 36.2.